The van der Waals surface area contributed by atoms with Crippen LogP contribution < -0.4 is 0 Å². The average molecular weight is 483 g/mol. The van der Waals surface area contributed by atoms with Crippen LogP contribution in [0.1, 0.15) is 85.0 Å². The summed E-state index contributed by atoms with van der Waals surface area (Å²) in [5.41, 5.74) is 5.46. The van der Waals surface area contributed by atoms with Crippen LogP contribution in [0.5, 0.6) is 0 Å². The number of rotatable bonds is 3. The fourth-order valence-electron chi connectivity index (χ4n) is 9.72. The molecule has 0 radical (unpaired) electrons. The van der Waals surface area contributed by atoms with E-state index >= 15 is 0 Å². The molecule has 0 aromatic rings. The van der Waals surface area contributed by atoms with Gasteiger partial charge < -0.3 is 14.7 Å². The normalized spacial score (nSPS) is 47.9. The number of hydrogen-bond acceptors (Lipinski definition) is 4. The summed E-state index contributed by atoms with van der Waals surface area (Å²) in [5, 5.41) is 10.3. The number of nitrogens with zero attached hydrogens (tertiary/aromatic N) is 2. The Morgan fingerprint density at radius 1 is 1.20 bits per heavy atom. The molecule has 2 heterocycles. The van der Waals surface area contributed by atoms with Crippen LogP contribution in [0.15, 0.2) is 22.8 Å². The van der Waals surface area contributed by atoms with Gasteiger partial charge in [0.15, 0.2) is 0 Å². The van der Waals surface area contributed by atoms with Gasteiger partial charge in [-0.1, -0.05) is 36.6 Å². The summed E-state index contributed by atoms with van der Waals surface area (Å²) in [6.07, 6.45) is 14.7. The molecule has 4 aliphatic carbocycles. The third-order valence-electron chi connectivity index (χ3n) is 11.5. The van der Waals surface area contributed by atoms with Gasteiger partial charge in [0.05, 0.1) is 17.8 Å². The van der Waals surface area contributed by atoms with Crippen molar-refractivity contribution in [3.05, 3.63) is 22.8 Å². The molecule has 0 unspecified atom stereocenters. The Morgan fingerprint density at radius 3 is 2.83 bits per heavy atom. The van der Waals surface area contributed by atoms with Gasteiger partial charge in [-0.05, 0) is 114 Å². The molecule has 9 atom stereocenters. The van der Waals surface area contributed by atoms with E-state index in [4.69, 9.17) is 4.74 Å². The number of hydrogen-bond donors (Lipinski definition) is 1. The lowest BCUT2D eigenvalue weighted by molar-refractivity contribution is -0.0738. The number of aliphatic hydroxyl groups is 1. The monoisotopic (exact) mass is 482 g/mol. The van der Waals surface area contributed by atoms with E-state index in [2.05, 4.69) is 50.7 Å². The molecule has 4 heteroatoms. The average Bonchev–Trinajstić information content (AvgIpc) is 3.32. The van der Waals surface area contributed by atoms with Crippen molar-refractivity contribution < 1.29 is 9.84 Å². The summed E-state index contributed by atoms with van der Waals surface area (Å²) >= 11 is 0. The molecule has 0 aromatic carbocycles. The first-order chi connectivity index (χ1) is 16.7. The lowest BCUT2D eigenvalue weighted by Crippen LogP contribution is -2.50. The van der Waals surface area contributed by atoms with Gasteiger partial charge >= 0.3 is 0 Å². The molecule has 35 heavy (non-hydrogen) atoms. The molecule has 0 aromatic heterocycles. The van der Waals surface area contributed by atoms with Crippen molar-refractivity contribution >= 4 is 0 Å². The van der Waals surface area contributed by atoms with Crippen LogP contribution >= 0.6 is 0 Å². The van der Waals surface area contributed by atoms with E-state index in [1.165, 1.54) is 58.0 Å². The van der Waals surface area contributed by atoms with Crippen molar-refractivity contribution in [3.8, 4) is 0 Å². The fraction of sp³-hybridized carbons (Fsp3) is 0.871. The quantitative estimate of drug-likeness (QED) is 0.545. The van der Waals surface area contributed by atoms with Crippen molar-refractivity contribution in [2.75, 3.05) is 33.7 Å². The highest BCUT2D eigenvalue weighted by Crippen LogP contribution is 2.63. The van der Waals surface area contributed by atoms with Crippen molar-refractivity contribution in [1.82, 2.24) is 9.80 Å². The SMILES string of the molecule is CC1=C2C[C@H]3[C@@H](CC=C4C[C@@H](O)CC[C@@]43C)[C@@H]2CC[C@]2(C1)C[C@H]1[C@@H](C[C@H](C)CN1CCN(C)C)O2. The molecular weight excluding hydrogens is 432 g/mol. The van der Waals surface area contributed by atoms with Crippen LogP contribution in [0.4, 0.5) is 0 Å². The van der Waals surface area contributed by atoms with Crippen molar-refractivity contribution in [3.63, 3.8) is 0 Å². The van der Waals surface area contributed by atoms with E-state index < -0.39 is 0 Å². The third-order valence-corrected chi connectivity index (χ3v) is 11.5. The molecule has 2 saturated carbocycles. The zero-order chi connectivity index (χ0) is 24.5. The van der Waals surface area contributed by atoms with Crippen LogP contribution in [0, 0.1) is 29.1 Å². The number of fused-ring (bicyclic) bond motifs is 6. The van der Waals surface area contributed by atoms with Gasteiger partial charge in [-0.3, -0.25) is 4.90 Å². The molecule has 196 valence electrons. The minimum atomic E-state index is -0.110. The lowest BCUT2D eigenvalue weighted by atomic mass is 9.56. The maximum absolute atomic E-state index is 10.3. The molecule has 0 amide bonds. The van der Waals surface area contributed by atoms with Crippen LogP contribution in [0.2, 0.25) is 0 Å². The number of piperidine rings is 1. The maximum atomic E-state index is 10.3. The topological polar surface area (TPSA) is 35.9 Å². The second-order valence-corrected chi connectivity index (χ2v) is 14.1. The molecule has 1 spiro atoms. The molecule has 4 nitrogen and oxygen atoms in total. The van der Waals surface area contributed by atoms with Crippen molar-refractivity contribution in [2.24, 2.45) is 29.1 Å². The highest BCUT2D eigenvalue weighted by molar-refractivity contribution is 5.33. The number of likely N-dealkylation sites (tertiary alicyclic amines) is 1. The van der Waals surface area contributed by atoms with Gasteiger partial charge in [0.2, 0.25) is 0 Å². The van der Waals surface area contributed by atoms with E-state index in [1.807, 2.05) is 5.57 Å². The first kappa shape index (κ1) is 24.6. The van der Waals surface area contributed by atoms with E-state index in [0.717, 1.165) is 49.5 Å². The molecule has 0 bridgehead atoms. The lowest BCUT2D eigenvalue weighted by Gasteiger charge is -2.49. The largest absolute Gasteiger partial charge is 0.393 e. The number of likely N-dealkylation sites (N-methyl/N-ethyl adjacent to an activating group) is 1. The van der Waals surface area contributed by atoms with Crippen LogP contribution in [0.25, 0.3) is 0 Å². The molecule has 1 N–H and O–H groups in total. The molecule has 6 aliphatic rings. The number of aliphatic hydroxyl groups excluding tert-OH is 1. The summed E-state index contributed by atoms with van der Waals surface area (Å²) in [6.45, 7) is 11.0. The Hall–Kier alpha value is -0.680. The van der Waals surface area contributed by atoms with E-state index in [9.17, 15) is 5.11 Å². The first-order valence-corrected chi connectivity index (χ1v) is 14.8. The Balaban J connectivity index is 1.22. The number of ether oxygens (including phenoxy) is 1. The van der Waals surface area contributed by atoms with Crippen LogP contribution in [-0.4, -0.2) is 72.5 Å². The summed E-state index contributed by atoms with van der Waals surface area (Å²) < 4.78 is 7.14. The Bertz CT molecular complexity index is 894. The van der Waals surface area contributed by atoms with Gasteiger partial charge in [0.1, 0.15) is 0 Å². The van der Waals surface area contributed by atoms with Crippen LogP contribution in [0.3, 0.4) is 0 Å². The predicted octanol–water partition coefficient (Wildman–Crippen LogP) is 5.42. The highest BCUT2D eigenvalue weighted by Gasteiger charge is 2.56. The van der Waals surface area contributed by atoms with Gasteiger partial charge in [0, 0.05) is 25.7 Å². The second kappa shape index (κ2) is 8.96. The second-order valence-electron chi connectivity index (χ2n) is 14.1. The summed E-state index contributed by atoms with van der Waals surface area (Å²) in [7, 11) is 4.40. The Morgan fingerprint density at radius 2 is 2.03 bits per heavy atom. The van der Waals surface area contributed by atoms with Crippen molar-refractivity contribution in [2.45, 2.75) is 109 Å². The van der Waals surface area contributed by atoms with E-state index in [1.54, 1.807) is 11.1 Å². The maximum Gasteiger partial charge on any atom is 0.0742 e. The smallest absolute Gasteiger partial charge is 0.0742 e. The van der Waals surface area contributed by atoms with Gasteiger partial charge in [-0.15, -0.1) is 0 Å². The van der Waals surface area contributed by atoms with Gasteiger partial charge in [-0.25, -0.2) is 0 Å². The van der Waals surface area contributed by atoms with E-state index in [0.29, 0.717) is 17.6 Å². The molecule has 2 aliphatic heterocycles. The highest BCUT2D eigenvalue weighted by atomic mass is 16.5. The summed E-state index contributed by atoms with van der Waals surface area (Å²) in [6, 6.07) is 0.613. The molecule has 2 saturated heterocycles. The van der Waals surface area contributed by atoms with Crippen LogP contribution in [-0.2, 0) is 4.74 Å². The standard InChI is InChI=1S/C31H50N2O2/c1-20-14-29-28(33(19-20)13-12-32(4)5)18-31(35-29)11-9-24-25-7-6-22-15-23(34)8-10-30(22,3)27(25)16-26(24)21(2)17-31/h6,20,23-25,27-29,34H,7-19H2,1-5H3/t20-,23-,24-,25-,27-,28-,29+,30-,31-/m0/s1. The van der Waals surface area contributed by atoms with E-state index in [-0.39, 0.29) is 11.7 Å². The minimum absolute atomic E-state index is 0.0706. The first-order valence-electron chi connectivity index (χ1n) is 14.8. The summed E-state index contributed by atoms with van der Waals surface area (Å²) in [5.74, 6) is 3.08. The molecular formula is C31H50N2O2. The van der Waals surface area contributed by atoms with Crippen molar-refractivity contribution in [1.29, 1.82) is 0 Å². The van der Waals surface area contributed by atoms with Gasteiger partial charge in [0.25, 0.3) is 0 Å². The Labute approximate surface area is 214 Å². The third kappa shape index (κ3) is 4.19. The predicted molar refractivity (Wildman–Crippen MR) is 142 cm³/mol. The molecule has 4 fully saturated rings. The minimum Gasteiger partial charge on any atom is -0.393 e. The molecule has 6 rings (SSSR count). The number of allylic oxidation sites excluding steroid dienone is 2. The van der Waals surface area contributed by atoms with Gasteiger partial charge in [-0.2, -0.15) is 0 Å². The fourth-order valence-corrected chi connectivity index (χ4v) is 9.72. The zero-order valence-corrected chi connectivity index (χ0v) is 23.1. The summed E-state index contributed by atoms with van der Waals surface area (Å²) in [4.78, 5) is 5.11. The zero-order valence-electron chi connectivity index (χ0n) is 23.1. The Kier molecular flexibility index (Phi) is 6.31.